The number of hydrogen-bond acceptors (Lipinski definition) is 3. The molecule has 0 fully saturated rings. The Bertz CT molecular complexity index is 583. The molecule has 0 saturated heterocycles. The van der Waals surface area contributed by atoms with Crippen LogP contribution in [0.5, 0.6) is 5.75 Å². The lowest BCUT2D eigenvalue weighted by Crippen LogP contribution is -2.30. The summed E-state index contributed by atoms with van der Waals surface area (Å²) in [4.78, 5) is 11.4. The first-order valence-electron chi connectivity index (χ1n) is 5.54. The van der Waals surface area contributed by atoms with Gasteiger partial charge in [-0.3, -0.25) is 10.2 Å². The van der Waals surface area contributed by atoms with Gasteiger partial charge in [-0.1, -0.05) is 0 Å². The highest BCUT2D eigenvalue weighted by molar-refractivity contribution is 5.96. The van der Waals surface area contributed by atoms with Crippen molar-refractivity contribution in [2.45, 2.75) is 13.8 Å². The van der Waals surface area contributed by atoms with Gasteiger partial charge in [0.2, 0.25) is 0 Å². The molecule has 0 radical (unpaired) electrons. The number of phenols is 1. The van der Waals surface area contributed by atoms with Crippen LogP contribution in [0.4, 0.5) is 0 Å². The SMILES string of the molecule is Cc1ccc(C)n1-c1ccc(C(=O)NN)c(O)c1. The van der Waals surface area contributed by atoms with Crippen LogP contribution < -0.4 is 11.3 Å². The Morgan fingerprint density at radius 3 is 2.33 bits per heavy atom. The van der Waals surface area contributed by atoms with Crippen LogP contribution in [0.3, 0.4) is 0 Å². The predicted octanol–water partition coefficient (Wildman–Crippen LogP) is 1.40. The van der Waals surface area contributed by atoms with Gasteiger partial charge >= 0.3 is 0 Å². The maximum absolute atomic E-state index is 11.4. The number of nitrogens with zero attached hydrogens (tertiary/aromatic N) is 1. The zero-order chi connectivity index (χ0) is 13.3. The molecule has 0 spiro atoms. The number of hydrazine groups is 1. The molecule has 2 rings (SSSR count). The van der Waals surface area contributed by atoms with E-state index < -0.39 is 5.91 Å². The number of aromatic hydroxyl groups is 1. The molecule has 94 valence electrons. The van der Waals surface area contributed by atoms with E-state index in [1.165, 1.54) is 0 Å². The predicted molar refractivity (Wildman–Crippen MR) is 68.6 cm³/mol. The standard InChI is InChI=1S/C13H15N3O2/c1-8-3-4-9(2)16(8)10-5-6-11(12(17)7-10)13(18)15-14/h3-7,17H,14H2,1-2H3,(H,15,18). The Morgan fingerprint density at radius 2 is 1.83 bits per heavy atom. The normalized spacial score (nSPS) is 10.4. The number of carbonyl (C=O) groups is 1. The molecule has 1 heterocycles. The van der Waals surface area contributed by atoms with E-state index in [1.807, 2.05) is 36.0 Å². The first kappa shape index (κ1) is 12.2. The van der Waals surface area contributed by atoms with Crippen molar-refractivity contribution in [3.05, 3.63) is 47.3 Å². The molecular formula is C13H15N3O2. The minimum atomic E-state index is -0.514. The van der Waals surface area contributed by atoms with Crippen LogP contribution in [0, 0.1) is 13.8 Å². The summed E-state index contributed by atoms with van der Waals surface area (Å²) >= 11 is 0. The summed E-state index contributed by atoms with van der Waals surface area (Å²) in [5.41, 5.74) is 5.07. The van der Waals surface area contributed by atoms with Gasteiger partial charge in [-0.05, 0) is 38.1 Å². The molecule has 0 aliphatic heterocycles. The van der Waals surface area contributed by atoms with Crippen molar-refractivity contribution >= 4 is 5.91 Å². The van der Waals surface area contributed by atoms with Crippen LogP contribution in [0.1, 0.15) is 21.7 Å². The number of nitrogens with one attached hydrogen (secondary N) is 1. The molecule has 5 nitrogen and oxygen atoms in total. The van der Waals surface area contributed by atoms with Crippen molar-refractivity contribution in [3.63, 3.8) is 0 Å². The van der Waals surface area contributed by atoms with E-state index in [4.69, 9.17) is 5.84 Å². The maximum atomic E-state index is 11.4. The summed E-state index contributed by atoms with van der Waals surface area (Å²) in [5, 5.41) is 9.84. The number of nitrogen functional groups attached to an aromatic ring is 1. The number of phenolic OH excluding ortho intramolecular Hbond substituents is 1. The minimum absolute atomic E-state index is 0.0945. The molecule has 0 aliphatic rings. The second kappa shape index (κ2) is 4.54. The van der Waals surface area contributed by atoms with Gasteiger partial charge in [-0.25, -0.2) is 5.84 Å². The van der Waals surface area contributed by atoms with E-state index in [0.717, 1.165) is 17.1 Å². The first-order valence-corrected chi connectivity index (χ1v) is 5.54. The molecule has 0 unspecified atom stereocenters. The smallest absolute Gasteiger partial charge is 0.268 e. The summed E-state index contributed by atoms with van der Waals surface area (Å²) in [6.07, 6.45) is 0. The van der Waals surface area contributed by atoms with Crippen molar-refractivity contribution in [2.75, 3.05) is 0 Å². The highest BCUT2D eigenvalue weighted by atomic mass is 16.3. The van der Waals surface area contributed by atoms with Gasteiger partial charge in [-0.2, -0.15) is 0 Å². The van der Waals surface area contributed by atoms with Crippen LogP contribution in [-0.2, 0) is 0 Å². The Labute approximate surface area is 105 Å². The Morgan fingerprint density at radius 1 is 1.22 bits per heavy atom. The summed E-state index contributed by atoms with van der Waals surface area (Å²) < 4.78 is 1.99. The molecule has 0 aliphatic carbocycles. The first-order chi connectivity index (χ1) is 8.54. The molecule has 0 bridgehead atoms. The fourth-order valence-corrected chi connectivity index (χ4v) is 2.00. The minimum Gasteiger partial charge on any atom is -0.507 e. The fourth-order valence-electron chi connectivity index (χ4n) is 2.00. The zero-order valence-corrected chi connectivity index (χ0v) is 10.3. The third-order valence-electron chi connectivity index (χ3n) is 2.89. The lowest BCUT2D eigenvalue weighted by molar-refractivity contribution is 0.0951. The number of hydrogen-bond donors (Lipinski definition) is 3. The molecule has 1 amide bonds. The average Bonchev–Trinajstić information content (AvgIpc) is 2.68. The van der Waals surface area contributed by atoms with E-state index >= 15 is 0 Å². The molecular weight excluding hydrogens is 230 g/mol. The summed E-state index contributed by atoms with van der Waals surface area (Å²) in [7, 11) is 0. The van der Waals surface area contributed by atoms with Crippen molar-refractivity contribution < 1.29 is 9.90 Å². The van der Waals surface area contributed by atoms with Gasteiger partial charge in [0, 0.05) is 23.1 Å². The molecule has 0 atom stereocenters. The monoisotopic (exact) mass is 245 g/mol. The third kappa shape index (κ3) is 1.96. The van der Waals surface area contributed by atoms with Crippen LogP contribution in [-0.4, -0.2) is 15.6 Å². The van der Waals surface area contributed by atoms with Gasteiger partial charge < -0.3 is 9.67 Å². The van der Waals surface area contributed by atoms with Crippen LogP contribution >= 0.6 is 0 Å². The summed E-state index contributed by atoms with van der Waals surface area (Å²) in [6.45, 7) is 3.95. The van der Waals surface area contributed by atoms with E-state index in [2.05, 4.69) is 0 Å². The van der Waals surface area contributed by atoms with Gasteiger partial charge in [0.05, 0.1) is 5.56 Å². The van der Waals surface area contributed by atoms with Crippen LogP contribution in [0.25, 0.3) is 5.69 Å². The van der Waals surface area contributed by atoms with Gasteiger partial charge in [0.25, 0.3) is 5.91 Å². The highest BCUT2D eigenvalue weighted by Gasteiger charge is 2.12. The second-order valence-corrected chi connectivity index (χ2v) is 4.13. The molecule has 5 heteroatoms. The van der Waals surface area contributed by atoms with Gasteiger partial charge in [0.15, 0.2) is 0 Å². The maximum Gasteiger partial charge on any atom is 0.268 e. The highest BCUT2D eigenvalue weighted by Crippen LogP contribution is 2.23. The Balaban J connectivity index is 2.50. The van der Waals surface area contributed by atoms with Crippen molar-refractivity contribution in [1.82, 2.24) is 9.99 Å². The van der Waals surface area contributed by atoms with E-state index in [9.17, 15) is 9.90 Å². The van der Waals surface area contributed by atoms with Crippen molar-refractivity contribution in [1.29, 1.82) is 0 Å². The molecule has 1 aromatic heterocycles. The quantitative estimate of drug-likeness (QED) is 0.425. The number of aryl methyl sites for hydroxylation is 2. The van der Waals surface area contributed by atoms with Gasteiger partial charge in [-0.15, -0.1) is 0 Å². The number of amides is 1. The number of nitrogens with two attached hydrogens (primary N) is 1. The second-order valence-electron chi connectivity index (χ2n) is 4.13. The van der Waals surface area contributed by atoms with Crippen molar-refractivity contribution in [2.24, 2.45) is 5.84 Å². The molecule has 18 heavy (non-hydrogen) atoms. The number of aromatic nitrogens is 1. The van der Waals surface area contributed by atoms with Crippen LogP contribution in [0.15, 0.2) is 30.3 Å². The molecule has 0 saturated carbocycles. The Hall–Kier alpha value is -2.27. The molecule has 2 aromatic rings. The average molecular weight is 245 g/mol. The molecule has 4 N–H and O–H groups in total. The van der Waals surface area contributed by atoms with E-state index in [1.54, 1.807) is 18.2 Å². The number of carbonyl (C=O) groups excluding carboxylic acids is 1. The van der Waals surface area contributed by atoms with E-state index in [0.29, 0.717) is 0 Å². The van der Waals surface area contributed by atoms with Gasteiger partial charge in [0.1, 0.15) is 5.75 Å². The topological polar surface area (TPSA) is 80.3 Å². The summed E-state index contributed by atoms with van der Waals surface area (Å²) in [6, 6.07) is 8.85. The zero-order valence-electron chi connectivity index (χ0n) is 10.3. The third-order valence-corrected chi connectivity index (χ3v) is 2.89. The number of rotatable bonds is 2. The summed E-state index contributed by atoms with van der Waals surface area (Å²) in [5.74, 6) is 4.43. The largest absolute Gasteiger partial charge is 0.507 e. The lowest BCUT2D eigenvalue weighted by Gasteiger charge is -2.11. The fraction of sp³-hybridized carbons (Fsp3) is 0.154. The lowest BCUT2D eigenvalue weighted by atomic mass is 10.1. The van der Waals surface area contributed by atoms with Crippen molar-refractivity contribution in [3.8, 4) is 11.4 Å². The molecule has 1 aromatic carbocycles. The number of benzene rings is 1. The van der Waals surface area contributed by atoms with E-state index in [-0.39, 0.29) is 11.3 Å². The Kier molecular flexibility index (Phi) is 3.08. The van der Waals surface area contributed by atoms with Crippen LogP contribution in [0.2, 0.25) is 0 Å².